The van der Waals surface area contributed by atoms with Gasteiger partial charge < -0.3 is 5.11 Å². The molecule has 3 aromatic rings. The average Bonchev–Trinajstić information content (AvgIpc) is 3.16. The van der Waals surface area contributed by atoms with Gasteiger partial charge in [0.05, 0.1) is 10.9 Å². The average molecular weight is 381 g/mol. The molecule has 9 heteroatoms. The van der Waals surface area contributed by atoms with Gasteiger partial charge in [-0.3, -0.25) is 9.69 Å². The molecule has 1 fully saturated rings. The Labute approximate surface area is 151 Å². The Morgan fingerprint density at radius 3 is 2.76 bits per heavy atom. The lowest BCUT2D eigenvalue weighted by Gasteiger charge is -2.34. The number of hydrogen-bond donors (Lipinski definition) is 1. The van der Waals surface area contributed by atoms with E-state index in [2.05, 4.69) is 10.1 Å². The van der Waals surface area contributed by atoms with Gasteiger partial charge in [-0.25, -0.2) is 9.37 Å². The van der Waals surface area contributed by atoms with Crippen molar-refractivity contribution < 1.29 is 14.3 Å². The third-order valence-corrected chi connectivity index (χ3v) is 5.80. The Balaban J connectivity index is 1.88. The van der Waals surface area contributed by atoms with E-state index in [1.54, 1.807) is 12.1 Å². The van der Waals surface area contributed by atoms with E-state index in [-0.39, 0.29) is 16.7 Å². The lowest BCUT2D eigenvalue weighted by molar-refractivity contribution is -0.121. The first-order chi connectivity index (χ1) is 12.1. The van der Waals surface area contributed by atoms with E-state index in [1.165, 1.54) is 28.2 Å². The normalized spacial score (nSPS) is 17.3. The minimum atomic E-state index is -0.602. The van der Waals surface area contributed by atoms with Crippen LogP contribution in [-0.2, 0) is 4.79 Å². The molecule has 1 aromatic carbocycles. The monoisotopic (exact) mass is 380 g/mol. The third-order valence-electron chi connectivity index (χ3n) is 4.38. The fourth-order valence-corrected chi connectivity index (χ4v) is 4.49. The smallest absolute Gasteiger partial charge is 0.230 e. The first-order valence-electron chi connectivity index (χ1n) is 7.77. The van der Waals surface area contributed by atoms with Crippen molar-refractivity contribution in [1.82, 2.24) is 19.5 Å². The fraction of sp³-hybridized carbons (Fsp3) is 0.312. The summed E-state index contributed by atoms with van der Waals surface area (Å²) in [6.07, 6.45) is 2.13. The maximum Gasteiger partial charge on any atom is 0.230 e. The van der Waals surface area contributed by atoms with Gasteiger partial charge in [0.1, 0.15) is 17.9 Å². The quantitative estimate of drug-likeness (QED) is 0.756. The highest BCUT2D eigenvalue weighted by atomic mass is 35.5. The highest BCUT2D eigenvalue weighted by molar-refractivity contribution is 7.17. The Kier molecular flexibility index (Phi) is 4.18. The van der Waals surface area contributed by atoms with Crippen molar-refractivity contribution in [1.29, 1.82) is 0 Å². The van der Waals surface area contributed by atoms with Crippen molar-refractivity contribution in [3.05, 3.63) is 45.8 Å². The molecule has 0 radical (unpaired) electrons. The lowest BCUT2D eigenvalue weighted by Crippen LogP contribution is -2.37. The van der Waals surface area contributed by atoms with Crippen molar-refractivity contribution in [2.75, 3.05) is 13.1 Å². The molecule has 1 N–H and O–H groups in total. The van der Waals surface area contributed by atoms with Crippen LogP contribution in [0.25, 0.3) is 4.96 Å². The van der Waals surface area contributed by atoms with E-state index >= 15 is 0 Å². The van der Waals surface area contributed by atoms with Crippen molar-refractivity contribution in [2.24, 2.45) is 0 Å². The van der Waals surface area contributed by atoms with Crippen molar-refractivity contribution in [3.63, 3.8) is 0 Å². The molecule has 1 aliphatic rings. The molecule has 6 nitrogen and oxygen atoms in total. The Morgan fingerprint density at radius 2 is 2.08 bits per heavy atom. The molecule has 1 aliphatic heterocycles. The summed E-state index contributed by atoms with van der Waals surface area (Å²) in [5, 5.41) is 14.8. The Bertz CT molecular complexity index is 927. The summed E-state index contributed by atoms with van der Waals surface area (Å²) in [5.41, 5.74) is 0.290. The van der Waals surface area contributed by atoms with E-state index in [0.717, 1.165) is 0 Å². The first-order valence-corrected chi connectivity index (χ1v) is 8.96. The van der Waals surface area contributed by atoms with Crippen LogP contribution >= 0.6 is 22.9 Å². The van der Waals surface area contributed by atoms with Crippen LogP contribution in [0.5, 0.6) is 5.88 Å². The van der Waals surface area contributed by atoms with E-state index in [0.29, 0.717) is 41.3 Å². The van der Waals surface area contributed by atoms with Gasteiger partial charge in [-0.1, -0.05) is 29.0 Å². The predicted molar refractivity (Wildman–Crippen MR) is 91.6 cm³/mol. The zero-order valence-electron chi connectivity index (χ0n) is 13.0. The maximum atomic E-state index is 14.6. The van der Waals surface area contributed by atoms with Crippen LogP contribution in [0.3, 0.4) is 0 Å². The zero-order chi connectivity index (χ0) is 17.6. The predicted octanol–water partition coefficient (Wildman–Crippen LogP) is 3.04. The lowest BCUT2D eigenvalue weighted by atomic mass is 9.99. The molecule has 0 bridgehead atoms. The number of carbonyl (C=O) groups excluding carboxylic acids is 1. The summed E-state index contributed by atoms with van der Waals surface area (Å²) in [7, 11) is 0. The molecule has 4 rings (SSSR count). The van der Waals surface area contributed by atoms with E-state index in [9.17, 15) is 14.3 Å². The number of aromatic hydroxyl groups is 1. The maximum absolute atomic E-state index is 14.6. The minimum absolute atomic E-state index is 0.0845. The topological polar surface area (TPSA) is 70.7 Å². The molecule has 1 unspecified atom stereocenters. The molecule has 0 amide bonds. The van der Waals surface area contributed by atoms with Crippen molar-refractivity contribution in [2.45, 2.75) is 18.9 Å². The van der Waals surface area contributed by atoms with Gasteiger partial charge in [-0.05, 0) is 12.1 Å². The summed E-state index contributed by atoms with van der Waals surface area (Å²) in [4.78, 5) is 18.7. The molecule has 1 atom stereocenters. The van der Waals surface area contributed by atoms with Crippen LogP contribution in [-0.4, -0.2) is 43.5 Å². The molecule has 0 saturated carbocycles. The van der Waals surface area contributed by atoms with Crippen molar-refractivity contribution >= 4 is 33.7 Å². The van der Waals surface area contributed by atoms with Crippen LogP contribution < -0.4 is 0 Å². The van der Waals surface area contributed by atoms with E-state index in [1.807, 2.05) is 4.90 Å². The van der Waals surface area contributed by atoms with Crippen LogP contribution in [0, 0.1) is 5.82 Å². The second kappa shape index (κ2) is 6.36. The number of fused-ring (bicyclic) bond motifs is 1. The van der Waals surface area contributed by atoms with Gasteiger partial charge in [-0.15, -0.1) is 0 Å². The van der Waals surface area contributed by atoms with Crippen LogP contribution in [0.15, 0.2) is 24.5 Å². The molecular weight excluding hydrogens is 367 g/mol. The Hall–Kier alpha value is -2.03. The molecular formula is C16H14ClFN4O2S. The molecule has 2 aromatic heterocycles. The summed E-state index contributed by atoms with van der Waals surface area (Å²) in [5.74, 6) is -0.354. The number of piperidine rings is 1. The summed E-state index contributed by atoms with van der Waals surface area (Å²) in [6.45, 7) is 0.947. The molecule has 3 heterocycles. The van der Waals surface area contributed by atoms with E-state index < -0.39 is 11.9 Å². The number of rotatable bonds is 3. The molecule has 0 spiro atoms. The Morgan fingerprint density at radius 1 is 1.32 bits per heavy atom. The second-order valence-corrected chi connectivity index (χ2v) is 7.27. The molecule has 1 saturated heterocycles. The number of likely N-dealkylation sites (tertiary alicyclic amines) is 1. The largest absolute Gasteiger partial charge is 0.492 e. The number of ketones is 1. The van der Waals surface area contributed by atoms with Gasteiger partial charge >= 0.3 is 0 Å². The zero-order valence-corrected chi connectivity index (χ0v) is 14.6. The van der Waals surface area contributed by atoms with Crippen LogP contribution in [0.1, 0.15) is 29.3 Å². The number of benzene rings is 1. The van der Waals surface area contributed by atoms with E-state index in [4.69, 9.17) is 11.6 Å². The minimum Gasteiger partial charge on any atom is -0.492 e. The summed E-state index contributed by atoms with van der Waals surface area (Å²) < 4.78 is 16.0. The highest BCUT2D eigenvalue weighted by Gasteiger charge is 2.34. The third kappa shape index (κ3) is 2.80. The van der Waals surface area contributed by atoms with Crippen molar-refractivity contribution in [3.8, 4) is 5.88 Å². The molecule has 0 aliphatic carbocycles. The second-order valence-electron chi connectivity index (χ2n) is 5.86. The fourth-order valence-electron chi connectivity index (χ4n) is 3.16. The van der Waals surface area contributed by atoms with Gasteiger partial charge in [0, 0.05) is 36.5 Å². The van der Waals surface area contributed by atoms with Crippen LogP contribution in [0.2, 0.25) is 5.02 Å². The van der Waals surface area contributed by atoms with Gasteiger partial charge in [0.15, 0.2) is 0 Å². The van der Waals surface area contributed by atoms with Gasteiger partial charge in [0.2, 0.25) is 10.8 Å². The standard InChI is InChI=1S/C16H14ClFN4O2S/c17-10-2-1-3-11(18)12(10)13(21-6-4-9(23)5-7-21)14-15(24)22-16(25-14)19-8-20-22/h1-3,8,13,24H,4-7H2. The number of hydrogen-bond acceptors (Lipinski definition) is 6. The number of halogens is 2. The number of thiazole rings is 1. The summed E-state index contributed by atoms with van der Waals surface area (Å²) in [6, 6.07) is 3.91. The highest BCUT2D eigenvalue weighted by Crippen LogP contribution is 2.43. The molecule has 130 valence electrons. The van der Waals surface area contributed by atoms with Gasteiger partial charge in [-0.2, -0.15) is 9.61 Å². The van der Waals surface area contributed by atoms with Gasteiger partial charge in [0.25, 0.3) is 0 Å². The molecule has 25 heavy (non-hydrogen) atoms. The number of nitrogens with zero attached hydrogens (tertiary/aromatic N) is 4. The SMILES string of the molecule is O=C1CCN(C(c2sc3ncnn3c2O)c2c(F)cccc2Cl)CC1. The first kappa shape index (κ1) is 16.4. The number of Topliss-reactive ketones (excluding diaryl/α,β-unsaturated/α-hetero) is 1. The number of aromatic nitrogens is 3. The number of carbonyl (C=O) groups is 1. The summed E-state index contributed by atoms with van der Waals surface area (Å²) >= 11 is 7.53. The van der Waals surface area contributed by atoms with Crippen LogP contribution in [0.4, 0.5) is 4.39 Å².